The SMILES string of the molecule is CCC1CCCCN1C(=O)CNc1ccc(OC)cc1OC. The van der Waals surface area contributed by atoms with Gasteiger partial charge in [-0.15, -0.1) is 0 Å². The van der Waals surface area contributed by atoms with Gasteiger partial charge in [-0.25, -0.2) is 0 Å². The number of rotatable bonds is 6. The lowest BCUT2D eigenvalue weighted by Crippen LogP contribution is -2.45. The van der Waals surface area contributed by atoms with E-state index in [1.165, 1.54) is 6.42 Å². The predicted octanol–water partition coefficient (Wildman–Crippen LogP) is 2.91. The molecule has 0 spiro atoms. The van der Waals surface area contributed by atoms with E-state index in [0.717, 1.165) is 37.2 Å². The van der Waals surface area contributed by atoms with E-state index in [1.807, 2.05) is 23.1 Å². The summed E-state index contributed by atoms with van der Waals surface area (Å²) >= 11 is 0. The van der Waals surface area contributed by atoms with Gasteiger partial charge in [0.15, 0.2) is 0 Å². The van der Waals surface area contributed by atoms with E-state index in [-0.39, 0.29) is 5.91 Å². The van der Waals surface area contributed by atoms with Crippen LogP contribution in [0.2, 0.25) is 0 Å². The van der Waals surface area contributed by atoms with Gasteiger partial charge in [0, 0.05) is 18.7 Å². The van der Waals surface area contributed by atoms with Crippen molar-refractivity contribution in [3.8, 4) is 11.5 Å². The number of hydrogen-bond donors (Lipinski definition) is 1. The number of methoxy groups -OCH3 is 2. The lowest BCUT2D eigenvalue weighted by Gasteiger charge is -2.35. The number of anilines is 1. The van der Waals surface area contributed by atoms with Crippen LogP contribution in [0.15, 0.2) is 18.2 Å². The summed E-state index contributed by atoms with van der Waals surface area (Å²) < 4.78 is 10.5. The highest BCUT2D eigenvalue weighted by Crippen LogP contribution is 2.29. The van der Waals surface area contributed by atoms with Gasteiger partial charge in [-0.1, -0.05) is 6.92 Å². The molecule has 0 radical (unpaired) electrons. The third kappa shape index (κ3) is 3.84. The van der Waals surface area contributed by atoms with E-state index in [1.54, 1.807) is 14.2 Å². The van der Waals surface area contributed by atoms with Crippen molar-refractivity contribution < 1.29 is 14.3 Å². The Bertz CT molecular complexity index is 505. The average molecular weight is 306 g/mol. The number of carbonyl (C=O) groups is 1. The highest BCUT2D eigenvalue weighted by molar-refractivity contribution is 5.82. The van der Waals surface area contributed by atoms with Crippen molar-refractivity contribution in [2.45, 2.75) is 38.6 Å². The van der Waals surface area contributed by atoms with Crippen molar-refractivity contribution in [2.75, 3.05) is 32.6 Å². The standard InChI is InChI=1S/C17H26N2O3/c1-4-13-7-5-6-10-19(13)17(20)12-18-15-9-8-14(21-2)11-16(15)22-3/h8-9,11,13,18H,4-7,10,12H2,1-3H3. The van der Waals surface area contributed by atoms with Gasteiger partial charge < -0.3 is 19.7 Å². The lowest BCUT2D eigenvalue weighted by atomic mass is 10.00. The molecule has 1 aromatic carbocycles. The smallest absolute Gasteiger partial charge is 0.242 e. The zero-order valence-electron chi connectivity index (χ0n) is 13.7. The summed E-state index contributed by atoms with van der Waals surface area (Å²) in [5.41, 5.74) is 0.807. The Hall–Kier alpha value is -1.91. The van der Waals surface area contributed by atoms with E-state index in [4.69, 9.17) is 9.47 Å². The van der Waals surface area contributed by atoms with Crippen molar-refractivity contribution in [1.29, 1.82) is 0 Å². The van der Waals surface area contributed by atoms with Crippen LogP contribution in [0.4, 0.5) is 5.69 Å². The van der Waals surface area contributed by atoms with Gasteiger partial charge in [-0.3, -0.25) is 4.79 Å². The molecule has 5 nitrogen and oxygen atoms in total. The molecule has 1 heterocycles. The largest absolute Gasteiger partial charge is 0.497 e. The molecule has 1 fully saturated rings. The summed E-state index contributed by atoms with van der Waals surface area (Å²) in [6, 6.07) is 5.92. The van der Waals surface area contributed by atoms with Crippen molar-refractivity contribution in [3.05, 3.63) is 18.2 Å². The summed E-state index contributed by atoms with van der Waals surface area (Å²) in [4.78, 5) is 14.5. The molecule has 1 unspecified atom stereocenters. The third-order valence-electron chi connectivity index (χ3n) is 4.26. The quantitative estimate of drug-likeness (QED) is 0.878. The van der Waals surface area contributed by atoms with Crippen molar-refractivity contribution in [2.24, 2.45) is 0 Å². The van der Waals surface area contributed by atoms with Gasteiger partial charge >= 0.3 is 0 Å². The van der Waals surface area contributed by atoms with Crippen LogP contribution in [-0.4, -0.2) is 44.2 Å². The fourth-order valence-electron chi connectivity index (χ4n) is 2.97. The van der Waals surface area contributed by atoms with Crippen molar-refractivity contribution in [3.63, 3.8) is 0 Å². The van der Waals surface area contributed by atoms with Crippen LogP contribution in [-0.2, 0) is 4.79 Å². The van der Waals surface area contributed by atoms with Crippen LogP contribution in [0.25, 0.3) is 0 Å². The topological polar surface area (TPSA) is 50.8 Å². The minimum absolute atomic E-state index is 0.157. The van der Waals surface area contributed by atoms with E-state index in [9.17, 15) is 4.79 Å². The first kappa shape index (κ1) is 16.5. The summed E-state index contributed by atoms with van der Waals surface area (Å²) in [5.74, 6) is 1.57. The molecule has 0 aliphatic carbocycles. The fourth-order valence-corrected chi connectivity index (χ4v) is 2.97. The number of amides is 1. The van der Waals surface area contributed by atoms with Crippen LogP contribution < -0.4 is 14.8 Å². The zero-order chi connectivity index (χ0) is 15.9. The number of benzene rings is 1. The number of nitrogens with zero attached hydrogens (tertiary/aromatic N) is 1. The van der Waals surface area contributed by atoms with E-state index in [0.29, 0.717) is 18.3 Å². The van der Waals surface area contributed by atoms with Gasteiger partial charge in [-0.2, -0.15) is 0 Å². The maximum absolute atomic E-state index is 12.5. The summed E-state index contributed by atoms with van der Waals surface area (Å²) in [5, 5.41) is 3.19. The molecule has 1 aliphatic heterocycles. The fraction of sp³-hybridized carbons (Fsp3) is 0.588. The number of piperidine rings is 1. The first-order chi connectivity index (χ1) is 10.7. The minimum atomic E-state index is 0.157. The number of nitrogens with one attached hydrogen (secondary N) is 1. The van der Waals surface area contributed by atoms with Crippen LogP contribution in [0, 0.1) is 0 Å². The third-order valence-corrected chi connectivity index (χ3v) is 4.26. The monoisotopic (exact) mass is 306 g/mol. The Labute approximate surface area is 132 Å². The van der Waals surface area contributed by atoms with Crippen molar-refractivity contribution in [1.82, 2.24) is 4.90 Å². The summed E-state index contributed by atoms with van der Waals surface area (Å²) in [7, 11) is 3.23. The van der Waals surface area contributed by atoms with Gasteiger partial charge in [0.2, 0.25) is 5.91 Å². The second kappa shape index (κ2) is 7.92. The van der Waals surface area contributed by atoms with Gasteiger partial charge in [0.1, 0.15) is 11.5 Å². The Kier molecular flexibility index (Phi) is 5.92. The number of carbonyl (C=O) groups excluding carboxylic acids is 1. The molecule has 1 aromatic rings. The Morgan fingerprint density at radius 1 is 1.32 bits per heavy atom. The van der Waals surface area contributed by atoms with Crippen molar-refractivity contribution >= 4 is 11.6 Å². The van der Waals surface area contributed by atoms with Gasteiger partial charge in [0.05, 0.1) is 26.5 Å². The molecule has 1 amide bonds. The molecule has 22 heavy (non-hydrogen) atoms. The summed E-state index contributed by atoms with van der Waals surface area (Å²) in [6.45, 7) is 3.31. The Morgan fingerprint density at radius 2 is 2.14 bits per heavy atom. The first-order valence-electron chi connectivity index (χ1n) is 7.95. The number of likely N-dealkylation sites (tertiary alicyclic amines) is 1. The molecular formula is C17H26N2O3. The predicted molar refractivity (Wildman–Crippen MR) is 87.7 cm³/mol. The second-order valence-corrected chi connectivity index (χ2v) is 5.56. The molecule has 1 aliphatic rings. The molecule has 0 aromatic heterocycles. The zero-order valence-corrected chi connectivity index (χ0v) is 13.7. The molecular weight excluding hydrogens is 280 g/mol. The molecule has 1 N–H and O–H groups in total. The molecule has 5 heteroatoms. The maximum atomic E-state index is 12.5. The summed E-state index contributed by atoms with van der Waals surface area (Å²) in [6.07, 6.45) is 4.47. The van der Waals surface area contributed by atoms with E-state index in [2.05, 4.69) is 12.2 Å². The highest BCUT2D eigenvalue weighted by Gasteiger charge is 2.24. The van der Waals surface area contributed by atoms with Crippen LogP contribution in [0.3, 0.4) is 0 Å². The van der Waals surface area contributed by atoms with Crippen LogP contribution in [0.1, 0.15) is 32.6 Å². The van der Waals surface area contributed by atoms with E-state index >= 15 is 0 Å². The van der Waals surface area contributed by atoms with Crippen LogP contribution >= 0.6 is 0 Å². The second-order valence-electron chi connectivity index (χ2n) is 5.56. The minimum Gasteiger partial charge on any atom is -0.497 e. The molecule has 0 saturated carbocycles. The Morgan fingerprint density at radius 3 is 2.82 bits per heavy atom. The lowest BCUT2D eigenvalue weighted by molar-refractivity contribution is -0.133. The van der Waals surface area contributed by atoms with E-state index < -0.39 is 0 Å². The van der Waals surface area contributed by atoms with Gasteiger partial charge in [-0.05, 0) is 37.8 Å². The Balaban J connectivity index is 1.98. The molecule has 1 saturated heterocycles. The molecule has 122 valence electrons. The normalized spacial score (nSPS) is 18.0. The molecule has 1 atom stereocenters. The van der Waals surface area contributed by atoms with Crippen LogP contribution in [0.5, 0.6) is 11.5 Å². The highest BCUT2D eigenvalue weighted by atomic mass is 16.5. The molecule has 0 bridgehead atoms. The average Bonchev–Trinajstić information content (AvgIpc) is 2.59. The molecule has 2 rings (SSSR count). The number of hydrogen-bond acceptors (Lipinski definition) is 4. The maximum Gasteiger partial charge on any atom is 0.242 e. The first-order valence-corrected chi connectivity index (χ1v) is 7.95. The van der Waals surface area contributed by atoms with Gasteiger partial charge in [0.25, 0.3) is 0 Å². The number of ether oxygens (including phenoxy) is 2.